The molecule has 3 rings (SSSR count). The molecule has 1 spiro atoms. The third-order valence-corrected chi connectivity index (χ3v) is 6.31. The molecular weight excluding hydrogens is 320 g/mol. The van der Waals surface area contributed by atoms with Crippen molar-refractivity contribution in [2.75, 3.05) is 39.8 Å². The maximum Gasteiger partial charge on any atom is 0.222 e. The third-order valence-electron chi connectivity index (χ3n) is 5.48. The highest BCUT2D eigenvalue weighted by Gasteiger charge is 2.42. The van der Waals surface area contributed by atoms with Gasteiger partial charge in [0.1, 0.15) is 0 Å². The fraction of sp³-hybridized carbons (Fsp3) is 0.667. The molecule has 0 saturated carbocycles. The molecule has 0 unspecified atom stereocenters. The molecule has 0 bridgehead atoms. The molecule has 3 heterocycles. The minimum Gasteiger partial charge on any atom is -0.339 e. The van der Waals surface area contributed by atoms with Crippen LogP contribution in [0.4, 0.5) is 0 Å². The first-order chi connectivity index (χ1) is 11.5. The fourth-order valence-corrected chi connectivity index (χ4v) is 4.57. The van der Waals surface area contributed by atoms with Crippen molar-refractivity contribution in [3.8, 4) is 0 Å². The van der Waals surface area contributed by atoms with Gasteiger partial charge in [-0.25, -0.2) is 4.98 Å². The number of likely N-dealkylation sites (tertiary alicyclic amines) is 1. The van der Waals surface area contributed by atoms with E-state index in [0.717, 1.165) is 50.6 Å². The van der Waals surface area contributed by atoms with Gasteiger partial charge in [0.05, 0.1) is 10.7 Å². The Balaban J connectivity index is 1.70. The predicted octanol–water partition coefficient (Wildman–Crippen LogP) is 2.14. The highest BCUT2D eigenvalue weighted by Crippen LogP contribution is 2.32. The maximum absolute atomic E-state index is 12.3. The number of carbonyl (C=O) groups is 1. The first kappa shape index (κ1) is 17.6. The van der Waals surface area contributed by atoms with Crippen molar-refractivity contribution >= 4 is 17.2 Å². The van der Waals surface area contributed by atoms with E-state index in [-0.39, 0.29) is 11.4 Å². The van der Waals surface area contributed by atoms with Gasteiger partial charge in [-0.1, -0.05) is 6.08 Å². The van der Waals surface area contributed by atoms with Gasteiger partial charge in [0, 0.05) is 56.6 Å². The van der Waals surface area contributed by atoms with Gasteiger partial charge in [0.15, 0.2) is 0 Å². The lowest BCUT2D eigenvalue weighted by molar-refractivity contribution is -0.130. The number of nitrogens with zero attached hydrogens (tertiary/aromatic N) is 4. The third kappa shape index (κ3) is 3.71. The Morgan fingerprint density at radius 3 is 2.92 bits per heavy atom. The van der Waals surface area contributed by atoms with E-state index in [1.807, 2.05) is 11.0 Å². The second kappa shape index (κ2) is 7.33. The summed E-state index contributed by atoms with van der Waals surface area (Å²) < 4.78 is 0. The first-order valence-corrected chi connectivity index (χ1v) is 9.64. The summed E-state index contributed by atoms with van der Waals surface area (Å²) in [6, 6.07) is 0. The second-order valence-electron chi connectivity index (χ2n) is 7.09. The first-order valence-electron chi connectivity index (χ1n) is 8.76. The largest absolute Gasteiger partial charge is 0.339 e. The zero-order chi connectivity index (χ0) is 17.2. The van der Waals surface area contributed by atoms with Crippen LogP contribution in [0.15, 0.2) is 18.0 Å². The van der Waals surface area contributed by atoms with Crippen LogP contribution in [0.2, 0.25) is 0 Å². The smallest absolute Gasteiger partial charge is 0.222 e. The number of piperazine rings is 1. The Bertz CT molecular complexity index is 602. The van der Waals surface area contributed by atoms with Gasteiger partial charge >= 0.3 is 0 Å². The molecule has 1 aromatic rings. The number of thiazole rings is 1. The number of rotatable bonds is 4. The van der Waals surface area contributed by atoms with E-state index in [2.05, 4.69) is 40.7 Å². The van der Waals surface area contributed by atoms with Crippen molar-refractivity contribution in [2.24, 2.45) is 0 Å². The van der Waals surface area contributed by atoms with Crippen LogP contribution in [0, 0.1) is 6.92 Å². The van der Waals surface area contributed by atoms with E-state index in [1.54, 1.807) is 11.3 Å². The summed E-state index contributed by atoms with van der Waals surface area (Å²) in [4.78, 5) is 23.9. The minimum absolute atomic E-state index is 0.106. The molecule has 0 N–H and O–H groups in total. The normalized spacial score (nSPS) is 26.8. The Morgan fingerprint density at radius 2 is 2.21 bits per heavy atom. The summed E-state index contributed by atoms with van der Waals surface area (Å²) in [7, 11) is 2.22. The van der Waals surface area contributed by atoms with Crippen LogP contribution >= 0.6 is 11.3 Å². The summed E-state index contributed by atoms with van der Waals surface area (Å²) in [6.07, 6.45) is 4.46. The van der Waals surface area contributed by atoms with E-state index in [9.17, 15) is 4.79 Å². The molecule has 1 aromatic heterocycles. The number of aromatic nitrogens is 1. The average Bonchev–Trinajstić information content (AvgIpc) is 2.90. The molecular formula is C18H28N4OS. The van der Waals surface area contributed by atoms with Crippen molar-refractivity contribution in [2.45, 2.75) is 38.3 Å². The van der Waals surface area contributed by atoms with Gasteiger partial charge in [-0.05, 0) is 26.8 Å². The van der Waals surface area contributed by atoms with Gasteiger partial charge in [-0.2, -0.15) is 0 Å². The summed E-state index contributed by atoms with van der Waals surface area (Å²) >= 11 is 1.72. The summed E-state index contributed by atoms with van der Waals surface area (Å²) in [6.45, 7) is 11.4. The van der Waals surface area contributed by atoms with E-state index in [4.69, 9.17) is 0 Å². The molecule has 132 valence electrons. The van der Waals surface area contributed by atoms with Gasteiger partial charge in [0.2, 0.25) is 5.91 Å². The zero-order valence-electron chi connectivity index (χ0n) is 14.8. The average molecular weight is 349 g/mol. The lowest BCUT2D eigenvalue weighted by Gasteiger charge is -2.49. The Labute approximate surface area is 149 Å². The number of hydrogen-bond donors (Lipinski definition) is 0. The van der Waals surface area contributed by atoms with Gasteiger partial charge in [-0.3, -0.25) is 14.6 Å². The molecule has 5 nitrogen and oxygen atoms in total. The van der Waals surface area contributed by atoms with E-state index >= 15 is 0 Å². The van der Waals surface area contributed by atoms with Crippen LogP contribution in [0.5, 0.6) is 0 Å². The van der Waals surface area contributed by atoms with Crippen LogP contribution in [0.1, 0.15) is 30.0 Å². The summed E-state index contributed by atoms with van der Waals surface area (Å²) in [5.74, 6) is 0.271. The molecule has 2 fully saturated rings. The van der Waals surface area contributed by atoms with Crippen LogP contribution in [-0.4, -0.2) is 70.9 Å². The monoisotopic (exact) mass is 348 g/mol. The van der Waals surface area contributed by atoms with Gasteiger partial charge < -0.3 is 4.90 Å². The van der Waals surface area contributed by atoms with Crippen molar-refractivity contribution in [3.05, 3.63) is 28.7 Å². The fourth-order valence-electron chi connectivity index (χ4n) is 3.97. The molecule has 2 aliphatic heterocycles. The Kier molecular flexibility index (Phi) is 5.37. The molecule has 2 saturated heterocycles. The quantitative estimate of drug-likeness (QED) is 0.782. The van der Waals surface area contributed by atoms with E-state index in [1.165, 1.54) is 5.69 Å². The lowest BCUT2D eigenvalue weighted by atomic mass is 9.86. The highest BCUT2D eigenvalue weighted by atomic mass is 32.1. The van der Waals surface area contributed by atoms with E-state index < -0.39 is 0 Å². The van der Waals surface area contributed by atoms with Crippen molar-refractivity contribution in [1.29, 1.82) is 0 Å². The molecule has 1 amide bonds. The number of amides is 1. The standard InChI is InChI=1S/C18H28N4OS/c1-4-8-22-9-7-18(6-5-17(22)23)14-21(11-10-20(18)3)12-16-13-24-15(2)19-16/h4,13H,1,5-12,14H2,2-3H3/t18-/m1/s1. The van der Waals surface area contributed by atoms with E-state index in [0.29, 0.717) is 13.0 Å². The topological polar surface area (TPSA) is 39.7 Å². The second-order valence-corrected chi connectivity index (χ2v) is 8.16. The molecule has 2 aliphatic rings. The molecule has 0 aromatic carbocycles. The molecule has 0 aliphatic carbocycles. The van der Waals surface area contributed by atoms with Crippen molar-refractivity contribution in [3.63, 3.8) is 0 Å². The van der Waals surface area contributed by atoms with Crippen LogP contribution < -0.4 is 0 Å². The number of carbonyl (C=O) groups excluding carboxylic acids is 1. The Hall–Kier alpha value is -1.24. The van der Waals surface area contributed by atoms with Crippen molar-refractivity contribution < 1.29 is 4.79 Å². The number of hydrogen-bond acceptors (Lipinski definition) is 5. The lowest BCUT2D eigenvalue weighted by Crippen LogP contribution is -2.60. The molecule has 24 heavy (non-hydrogen) atoms. The Morgan fingerprint density at radius 1 is 1.38 bits per heavy atom. The highest BCUT2D eigenvalue weighted by molar-refractivity contribution is 7.09. The van der Waals surface area contributed by atoms with Gasteiger partial charge in [-0.15, -0.1) is 17.9 Å². The maximum atomic E-state index is 12.3. The summed E-state index contributed by atoms with van der Waals surface area (Å²) in [5.41, 5.74) is 1.28. The SMILES string of the molecule is C=CCN1CC[C@]2(CCC1=O)CN(Cc1csc(C)n1)CCN2C. The zero-order valence-corrected chi connectivity index (χ0v) is 15.6. The number of aryl methyl sites for hydroxylation is 1. The molecule has 1 atom stereocenters. The van der Waals surface area contributed by atoms with Crippen LogP contribution in [0.3, 0.4) is 0 Å². The van der Waals surface area contributed by atoms with Gasteiger partial charge in [0.25, 0.3) is 0 Å². The number of likely N-dealkylation sites (N-methyl/N-ethyl adjacent to an activating group) is 1. The predicted molar refractivity (Wildman–Crippen MR) is 98.1 cm³/mol. The molecule has 6 heteroatoms. The molecule has 0 radical (unpaired) electrons. The summed E-state index contributed by atoms with van der Waals surface area (Å²) in [5, 5.41) is 3.30. The van der Waals surface area contributed by atoms with Crippen molar-refractivity contribution in [1.82, 2.24) is 19.7 Å². The minimum atomic E-state index is 0.106. The van der Waals surface area contributed by atoms with Crippen LogP contribution in [0.25, 0.3) is 0 Å². The van der Waals surface area contributed by atoms with Crippen LogP contribution in [-0.2, 0) is 11.3 Å².